The van der Waals surface area contributed by atoms with Gasteiger partial charge in [0.1, 0.15) is 11.5 Å². The molecule has 0 aromatic heterocycles. The number of carbonyl (C=O) groups excluding carboxylic acids is 1. The third-order valence-electron chi connectivity index (χ3n) is 5.21. The molecule has 1 heterocycles. The van der Waals surface area contributed by atoms with Gasteiger partial charge in [-0.2, -0.15) is 0 Å². The molecule has 0 bridgehead atoms. The lowest BCUT2D eigenvalue weighted by Crippen LogP contribution is -2.40. The Morgan fingerprint density at radius 2 is 1.68 bits per heavy atom. The molecule has 2 aromatic rings. The van der Waals surface area contributed by atoms with Gasteiger partial charge in [0.25, 0.3) is 5.91 Å². The first kappa shape index (κ1) is 23.1. The molecule has 31 heavy (non-hydrogen) atoms. The number of benzene rings is 2. The summed E-state index contributed by atoms with van der Waals surface area (Å²) in [5.74, 6) is 1.36. The molecule has 0 aliphatic carbocycles. The second kappa shape index (κ2) is 10.7. The first-order valence-corrected chi connectivity index (χ1v) is 12.7. The van der Waals surface area contributed by atoms with E-state index in [0.29, 0.717) is 37.5 Å². The summed E-state index contributed by atoms with van der Waals surface area (Å²) in [7, 11) is -3.12. The van der Waals surface area contributed by atoms with Gasteiger partial charge in [0, 0.05) is 18.2 Å². The molecular formula is C24H31NO5S. The summed E-state index contributed by atoms with van der Waals surface area (Å²) in [5.41, 5.74) is 1.43. The van der Waals surface area contributed by atoms with Gasteiger partial charge >= 0.3 is 0 Å². The van der Waals surface area contributed by atoms with Crippen LogP contribution in [0.2, 0.25) is 0 Å². The SMILES string of the molecule is CCCOc1ccc(CN(C(=O)c2cccc(OCCC)c2)C2CCS(=O)(=O)C2)cc1. The maximum atomic E-state index is 13.4. The molecule has 0 radical (unpaired) electrons. The van der Waals surface area contributed by atoms with E-state index < -0.39 is 9.84 Å². The van der Waals surface area contributed by atoms with Gasteiger partial charge in [-0.15, -0.1) is 0 Å². The summed E-state index contributed by atoms with van der Waals surface area (Å²) in [6, 6.07) is 14.4. The normalized spacial score (nSPS) is 17.3. The van der Waals surface area contributed by atoms with E-state index in [1.54, 1.807) is 23.1 Å². The number of carbonyl (C=O) groups is 1. The summed E-state index contributed by atoms with van der Waals surface area (Å²) in [4.78, 5) is 15.1. The smallest absolute Gasteiger partial charge is 0.254 e. The molecule has 1 aliphatic rings. The number of sulfone groups is 1. The molecule has 2 aromatic carbocycles. The second-order valence-electron chi connectivity index (χ2n) is 7.86. The van der Waals surface area contributed by atoms with Crippen molar-refractivity contribution in [2.75, 3.05) is 24.7 Å². The molecule has 1 atom stereocenters. The average molecular weight is 446 g/mol. The van der Waals surface area contributed by atoms with Crippen LogP contribution in [0.25, 0.3) is 0 Å². The topological polar surface area (TPSA) is 72.9 Å². The number of hydrogen-bond acceptors (Lipinski definition) is 5. The Morgan fingerprint density at radius 1 is 1.00 bits per heavy atom. The van der Waals surface area contributed by atoms with Crippen molar-refractivity contribution in [2.45, 2.75) is 45.7 Å². The van der Waals surface area contributed by atoms with E-state index >= 15 is 0 Å². The zero-order valence-electron chi connectivity index (χ0n) is 18.2. The third-order valence-corrected chi connectivity index (χ3v) is 6.96. The van der Waals surface area contributed by atoms with Crippen LogP contribution in [-0.4, -0.2) is 50.0 Å². The van der Waals surface area contributed by atoms with Gasteiger partial charge in [-0.1, -0.05) is 32.0 Å². The number of ether oxygens (including phenoxy) is 2. The first-order valence-electron chi connectivity index (χ1n) is 10.9. The molecule has 1 aliphatic heterocycles. The maximum Gasteiger partial charge on any atom is 0.254 e. The molecule has 6 nitrogen and oxygen atoms in total. The Bertz CT molecular complexity index is 972. The molecule has 0 saturated carbocycles. The van der Waals surface area contributed by atoms with Crippen molar-refractivity contribution in [3.63, 3.8) is 0 Å². The highest BCUT2D eigenvalue weighted by Gasteiger charge is 2.35. The zero-order valence-corrected chi connectivity index (χ0v) is 19.1. The fraction of sp³-hybridized carbons (Fsp3) is 0.458. The lowest BCUT2D eigenvalue weighted by Gasteiger charge is -2.29. The Hall–Kier alpha value is -2.54. The molecule has 7 heteroatoms. The van der Waals surface area contributed by atoms with Crippen molar-refractivity contribution >= 4 is 15.7 Å². The second-order valence-corrected chi connectivity index (χ2v) is 10.1. The van der Waals surface area contributed by atoms with E-state index in [0.717, 1.165) is 24.2 Å². The summed E-state index contributed by atoms with van der Waals surface area (Å²) in [5, 5.41) is 0. The number of amides is 1. The van der Waals surface area contributed by atoms with Gasteiger partial charge in [0.15, 0.2) is 9.84 Å². The van der Waals surface area contributed by atoms with Gasteiger partial charge < -0.3 is 14.4 Å². The van der Waals surface area contributed by atoms with Gasteiger partial charge in [0.05, 0.1) is 24.7 Å². The van der Waals surface area contributed by atoms with E-state index in [4.69, 9.17) is 9.47 Å². The highest BCUT2D eigenvalue weighted by molar-refractivity contribution is 7.91. The predicted octanol–water partition coefficient (Wildman–Crippen LogP) is 4.09. The minimum Gasteiger partial charge on any atom is -0.494 e. The van der Waals surface area contributed by atoms with Crippen molar-refractivity contribution in [1.82, 2.24) is 4.90 Å². The summed E-state index contributed by atoms with van der Waals surface area (Å²) in [6.07, 6.45) is 2.27. The summed E-state index contributed by atoms with van der Waals surface area (Å²) in [6.45, 7) is 5.65. The van der Waals surface area contributed by atoms with Gasteiger partial charge in [-0.3, -0.25) is 4.79 Å². The van der Waals surface area contributed by atoms with Gasteiger partial charge in [-0.05, 0) is 55.2 Å². The summed E-state index contributed by atoms with van der Waals surface area (Å²) < 4.78 is 35.5. The molecule has 1 unspecified atom stereocenters. The van der Waals surface area contributed by atoms with Crippen LogP contribution in [-0.2, 0) is 16.4 Å². The van der Waals surface area contributed by atoms with Gasteiger partial charge in [-0.25, -0.2) is 8.42 Å². The maximum absolute atomic E-state index is 13.4. The van der Waals surface area contributed by atoms with Crippen LogP contribution in [0.4, 0.5) is 0 Å². The Balaban J connectivity index is 1.82. The molecule has 1 amide bonds. The Kier molecular flexibility index (Phi) is 7.96. The highest BCUT2D eigenvalue weighted by Crippen LogP contribution is 2.24. The monoisotopic (exact) mass is 445 g/mol. The van der Waals surface area contributed by atoms with E-state index in [-0.39, 0.29) is 23.5 Å². The fourth-order valence-electron chi connectivity index (χ4n) is 3.60. The van der Waals surface area contributed by atoms with Crippen LogP contribution in [0.15, 0.2) is 48.5 Å². The largest absolute Gasteiger partial charge is 0.494 e. The highest BCUT2D eigenvalue weighted by atomic mass is 32.2. The van der Waals surface area contributed by atoms with Crippen molar-refractivity contribution in [2.24, 2.45) is 0 Å². The number of rotatable bonds is 10. The van der Waals surface area contributed by atoms with Crippen LogP contribution >= 0.6 is 0 Å². The number of nitrogens with zero attached hydrogens (tertiary/aromatic N) is 1. The molecule has 168 valence electrons. The van der Waals surface area contributed by atoms with Crippen LogP contribution in [0.3, 0.4) is 0 Å². The minimum atomic E-state index is -3.12. The lowest BCUT2D eigenvalue weighted by molar-refractivity contribution is 0.0680. The molecule has 1 fully saturated rings. The standard InChI is InChI=1S/C24H31NO5S/c1-3-13-29-22-10-8-19(9-11-22)17-25(21-12-15-31(27,28)18-21)24(26)20-6-5-7-23(16-20)30-14-4-2/h5-11,16,21H,3-4,12-15,17-18H2,1-2H3. The van der Waals surface area contributed by atoms with E-state index in [1.807, 2.05) is 37.3 Å². The zero-order chi connectivity index (χ0) is 22.3. The quantitative estimate of drug-likeness (QED) is 0.551. The summed E-state index contributed by atoms with van der Waals surface area (Å²) >= 11 is 0. The molecule has 0 N–H and O–H groups in total. The van der Waals surface area contributed by atoms with Crippen molar-refractivity contribution < 1.29 is 22.7 Å². The van der Waals surface area contributed by atoms with E-state index in [2.05, 4.69) is 6.92 Å². The molecular weight excluding hydrogens is 414 g/mol. The Labute approximate surface area is 185 Å². The van der Waals surface area contributed by atoms with Crippen LogP contribution in [0.1, 0.15) is 49.0 Å². The van der Waals surface area contributed by atoms with Crippen LogP contribution in [0.5, 0.6) is 11.5 Å². The average Bonchev–Trinajstić information content (AvgIpc) is 3.14. The minimum absolute atomic E-state index is 0.00244. The molecule has 1 saturated heterocycles. The fourth-order valence-corrected chi connectivity index (χ4v) is 5.33. The van der Waals surface area contributed by atoms with Crippen molar-refractivity contribution in [1.29, 1.82) is 0 Å². The van der Waals surface area contributed by atoms with E-state index in [1.165, 1.54) is 0 Å². The van der Waals surface area contributed by atoms with Crippen LogP contribution < -0.4 is 9.47 Å². The van der Waals surface area contributed by atoms with Gasteiger partial charge in [0.2, 0.25) is 0 Å². The van der Waals surface area contributed by atoms with E-state index in [9.17, 15) is 13.2 Å². The van der Waals surface area contributed by atoms with Crippen molar-refractivity contribution in [3.05, 3.63) is 59.7 Å². The predicted molar refractivity (Wildman–Crippen MR) is 121 cm³/mol. The molecule has 0 spiro atoms. The number of hydrogen-bond donors (Lipinski definition) is 0. The third kappa shape index (κ3) is 6.47. The first-order chi connectivity index (χ1) is 14.9. The Morgan fingerprint density at radius 3 is 2.29 bits per heavy atom. The van der Waals surface area contributed by atoms with Crippen molar-refractivity contribution in [3.8, 4) is 11.5 Å². The molecule has 3 rings (SSSR count). The lowest BCUT2D eigenvalue weighted by atomic mass is 10.1. The van der Waals surface area contributed by atoms with Crippen LogP contribution in [0, 0.1) is 0 Å².